The van der Waals surface area contributed by atoms with E-state index in [9.17, 15) is 31.5 Å². The normalized spacial score (nSPS) is 12.0. The molecule has 2 aromatic rings. The molecule has 2 rings (SSSR count). The predicted octanol–water partition coefficient (Wildman–Crippen LogP) is 2.75. The maximum Gasteiger partial charge on any atom is 0.471 e. The van der Waals surface area contributed by atoms with Gasteiger partial charge in [0.15, 0.2) is 0 Å². The van der Waals surface area contributed by atoms with Crippen LogP contribution >= 0.6 is 0 Å². The van der Waals surface area contributed by atoms with Crippen LogP contribution < -0.4 is 5.32 Å². The average molecular weight is 387 g/mol. The molecule has 26 heavy (non-hydrogen) atoms. The molecule has 0 heterocycles. The van der Waals surface area contributed by atoms with E-state index in [0.29, 0.717) is 11.1 Å². The van der Waals surface area contributed by atoms with Crippen molar-refractivity contribution in [2.75, 3.05) is 6.54 Å². The van der Waals surface area contributed by atoms with E-state index in [1.165, 1.54) is 42.5 Å². The Morgan fingerprint density at radius 3 is 2.19 bits per heavy atom. The largest absolute Gasteiger partial charge is 0.508 e. The summed E-state index contributed by atoms with van der Waals surface area (Å²) in [5.74, 6) is -2.03. The van der Waals surface area contributed by atoms with Crippen LogP contribution in [0.3, 0.4) is 0 Å². The van der Waals surface area contributed by atoms with Crippen LogP contribution in [0.15, 0.2) is 52.3 Å². The molecular formula is C17H16F3NO4S. The predicted molar refractivity (Wildman–Crippen MR) is 87.5 cm³/mol. The number of carbonyl (C=O) groups excluding carboxylic acids is 1. The van der Waals surface area contributed by atoms with Crippen molar-refractivity contribution in [3.63, 3.8) is 0 Å². The molecule has 5 nitrogen and oxygen atoms in total. The molecule has 140 valence electrons. The van der Waals surface area contributed by atoms with E-state index < -0.39 is 21.9 Å². The second-order valence-corrected chi connectivity index (χ2v) is 7.55. The van der Waals surface area contributed by atoms with Gasteiger partial charge in [-0.15, -0.1) is 0 Å². The van der Waals surface area contributed by atoms with Crippen LogP contribution in [0, 0.1) is 6.92 Å². The van der Waals surface area contributed by atoms with Crippen LogP contribution in [0.25, 0.3) is 0 Å². The molecule has 0 aromatic heterocycles. The number of benzene rings is 2. The molecule has 0 saturated carbocycles. The summed E-state index contributed by atoms with van der Waals surface area (Å²) in [6.07, 6.45) is -4.80. The minimum absolute atomic E-state index is 0.0137. The van der Waals surface area contributed by atoms with Crippen molar-refractivity contribution in [2.24, 2.45) is 0 Å². The molecule has 0 bridgehead atoms. The van der Waals surface area contributed by atoms with E-state index in [2.05, 4.69) is 0 Å². The zero-order chi connectivity index (χ0) is 19.5. The number of alkyl halides is 3. The monoisotopic (exact) mass is 387 g/mol. The highest BCUT2D eigenvalue weighted by Crippen LogP contribution is 2.25. The second kappa shape index (κ2) is 7.36. The number of phenolic OH excluding ortho intramolecular Hbond substituents is 1. The first-order chi connectivity index (χ1) is 12.0. The zero-order valence-electron chi connectivity index (χ0n) is 13.7. The molecule has 0 fully saturated rings. The Morgan fingerprint density at radius 1 is 1.08 bits per heavy atom. The van der Waals surface area contributed by atoms with E-state index in [-0.39, 0.29) is 28.5 Å². The number of rotatable bonds is 5. The van der Waals surface area contributed by atoms with Crippen molar-refractivity contribution < 1.29 is 31.5 Å². The third-order valence-electron chi connectivity index (χ3n) is 3.67. The fourth-order valence-corrected chi connectivity index (χ4v) is 3.53. The Hall–Kier alpha value is -2.55. The van der Waals surface area contributed by atoms with Crippen molar-refractivity contribution in [3.05, 3.63) is 53.6 Å². The molecule has 0 atom stereocenters. The first-order valence-electron chi connectivity index (χ1n) is 7.50. The minimum Gasteiger partial charge on any atom is -0.508 e. The van der Waals surface area contributed by atoms with Crippen LogP contribution in [-0.2, 0) is 21.1 Å². The van der Waals surface area contributed by atoms with Gasteiger partial charge in [0.2, 0.25) is 9.84 Å². The molecular weight excluding hydrogens is 371 g/mol. The summed E-state index contributed by atoms with van der Waals surface area (Å²) in [7, 11) is -3.78. The molecule has 1 amide bonds. The first-order valence-corrected chi connectivity index (χ1v) is 8.99. The Bertz CT molecular complexity index is 907. The van der Waals surface area contributed by atoms with Crippen molar-refractivity contribution in [1.29, 1.82) is 0 Å². The third kappa shape index (κ3) is 4.54. The SMILES string of the molecule is Cc1cc(S(=O)(=O)c2ccc(CCNC(=O)C(F)(F)F)cc2)ccc1O. The Kier molecular flexibility index (Phi) is 5.60. The number of sulfone groups is 1. The highest BCUT2D eigenvalue weighted by Gasteiger charge is 2.38. The highest BCUT2D eigenvalue weighted by molar-refractivity contribution is 7.91. The number of hydrogen-bond donors (Lipinski definition) is 2. The Morgan fingerprint density at radius 2 is 1.65 bits per heavy atom. The number of aromatic hydroxyl groups is 1. The smallest absolute Gasteiger partial charge is 0.471 e. The first kappa shape index (κ1) is 19.8. The lowest BCUT2D eigenvalue weighted by Gasteiger charge is -2.09. The van der Waals surface area contributed by atoms with E-state index >= 15 is 0 Å². The van der Waals surface area contributed by atoms with E-state index in [0.717, 1.165) is 0 Å². The highest BCUT2D eigenvalue weighted by atomic mass is 32.2. The maximum absolute atomic E-state index is 12.6. The van der Waals surface area contributed by atoms with Gasteiger partial charge >= 0.3 is 12.1 Å². The van der Waals surface area contributed by atoms with Gasteiger partial charge in [0.05, 0.1) is 9.79 Å². The summed E-state index contributed by atoms with van der Waals surface area (Å²) in [5.41, 5.74) is 0.997. The summed E-state index contributed by atoms with van der Waals surface area (Å²) in [6.45, 7) is 1.36. The Balaban J connectivity index is 2.09. The minimum atomic E-state index is -4.93. The lowest BCUT2D eigenvalue weighted by Crippen LogP contribution is -2.37. The fourth-order valence-electron chi connectivity index (χ4n) is 2.19. The summed E-state index contributed by atoms with van der Waals surface area (Å²) < 4.78 is 61.4. The molecule has 0 aliphatic carbocycles. The van der Waals surface area contributed by atoms with E-state index in [1.807, 2.05) is 0 Å². The van der Waals surface area contributed by atoms with Crippen molar-refractivity contribution in [1.82, 2.24) is 5.32 Å². The van der Waals surface area contributed by atoms with Gasteiger partial charge in [0.1, 0.15) is 5.75 Å². The van der Waals surface area contributed by atoms with Crippen LogP contribution in [0.1, 0.15) is 11.1 Å². The van der Waals surface area contributed by atoms with Crippen LogP contribution in [0.5, 0.6) is 5.75 Å². The van der Waals surface area contributed by atoms with Gasteiger partial charge in [-0.3, -0.25) is 4.79 Å². The van der Waals surface area contributed by atoms with Gasteiger partial charge in [0.25, 0.3) is 0 Å². The average Bonchev–Trinajstić information content (AvgIpc) is 2.56. The third-order valence-corrected chi connectivity index (χ3v) is 5.44. The quantitative estimate of drug-likeness (QED) is 0.826. The van der Waals surface area contributed by atoms with Gasteiger partial charge in [-0.05, 0) is 54.8 Å². The number of hydrogen-bond acceptors (Lipinski definition) is 4. The molecule has 0 spiro atoms. The number of amides is 1. The molecule has 0 radical (unpaired) electrons. The lowest BCUT2D eigenvalue weighted by molar-refractivity contribution is -0.173. The summed E-state index contributed by atoms with van der Waals surface area (Å²) in [4.78, 5) is 10.8. The summed E-state index contributed by atoms with van der Waals surface area (Å²) in [6, 6.07) is 9.57. The van der Waals surface area contributed by atoms with Gasteiger partial charge in [-0.1, -0.05) is 12.1 Å². The summed E-state index contributed by atoms with van der Waals surface area (Å²) >= 11 is 0. The van der Waals surface area contributed by atoms with Crippen LogP contribution in [-0.4, -0.2) is 32.2 Å². The zero-order valence-corrected chi connectivity index (χ0v) is 14.5. The standard InChI is InChI=1S/C17H16F3NO4S/c1-11-10-14(6-7-15(11)22)26(24,25)13-4-2-12(3-5-13)8-9-21-16(23)17(18,19)20/h2-7,10,22H,8-9H2,1H3,(H,21,23). The van der Waals surface area contributed by atoms with Crippen molar-refractivity contribution >= 4 is 15.7 Å². The fraction of sp³-hybridized carbons (Fsp3) is 0.235. The van der Waals surface area contributed by atoms with E-state index in [1.54, 1.807) is 12.2 Å². The molecule has 2 N–H and O–H groups in total. The maximum atomic E-state index is 12.6. The van der Waals surface area contributed by atoms with Crippen LogP contribution in [0.4, 0.5) is 13.2 Å². The van der Waals surface area contributed by atoms with E-state index in [4.69, 9.17) is 0 Å². The molecule has 0 aliphatic rings. The number of aryl methyl sites for hydroxylation is 1. The molecule has 9 heteroatoms. The van der Waals surface area contributed by atoms with Gasteiger partial charge < -0.3 is 10.4 Å². The molecule has 2 aromatic carbocycles. The van der Waals surface area contributed by atoms with Crippen molar-refractivity contribution in [2.45, 2.75) is 29.3 Å². The second-order valence-electron chi connectivity index (χ2n) is 5.60. The lowest BCUT2D eigenvalue weighted by atomic mass is 10.1. The molecule has 0 unspecified atom stereocenters. The van der Waals surface area contributed by atoms with Crippen molar-refractivity contribution in [3.8, 4) is 5.75 Å². The Labute approximate surface area is 148 Å². The van der Waals surface area contributed by atoms with Gasteiger partial charge in [0, 0.05) is 6.54 Å². The van der Waals surface area contributed by atoms with Gasteiger partial charge in [-0.2, -0.15) is 13.2 Å². The van der Waals surface area contributed by atoms with Crippen LogP contribution in [0.2, 0.25) is 0 Å². The molecule has 0 aliphatic heterocycles. The topological polar surface area (TPSA) is 83.5 Å². The summed E-state index contributed by atoms with van der Waals surface area (Å²) in [5, 5.41) is 11.2. The number of carbonyl (C=O) groups is 1. The van der Waals surface area contributed by atoms with Gasteiger partial charge in [-0.25, -0.2) is 8.42 Å². The number of nitrogens with one attached hydrogen (secondary N) is 1. The number of phenols is 1. The number of halogens is 3. The molecule has 0 saturated heterocycles.